The monoisotopic (exact) mass is 211 g/mol. The highest BCUT2D eigenvalue weighted by molar-refractivity contribution is 5.43. The van der Waals surface area contributed by atoms with Gasteiger partial charge in [-0.2, -0.15) is 0 Å². The zero-order valence-electron chi connectivity index (χ0n) is 9.06. The van der Waals surface area contributed by atoms with E-state index in [4.69, 9.17) is 15.2 Å². The van der Waals surface area contributed by atoms with E-state index in [9.17, 15) is 5.11 Å². The van der Waals surface area contributed by atoms with Crippen molar-refractivity contribution in [2.45, 2.75) is 12.5 Å². The van der Waals surface area contributed by atoms with Crippen molar-refractivity contribution in [2.75, 3.05) is 20.8 Å². The van der Waals surface area contributed by atoms with E-state index < -0.39 is 6.10 Å². The molecule has 4 heteroatoms. The lowest BCUT2D eigenvalue weighted by Crippen LogP contribution is -2.21. The Labute approximate surface area is 89.6 Å². The summed E-state index contributed by atoms with van der Waals surface area (Å²) in [5, 5.41) is 9.40. The molecule has 0 saturated heterocycles. The van der Waals surface area contributed by atoms with Gasteiger partial charge in [0.25, 0.3) is 0 Å². The van der Waals surface area contributed by atoms with Gasteiger partial charge >= 0.3 is 0 Å². The molecule has 0 saturated carbocycles. The lowest BCUT2D eigenvalue weighted by atomic mass is 10.1. The minimum Gasteiger partial charge on any atom is -0.493 e. The van der Waals surface area contributed by atoms with Crippen molar-refractivity contribution < 1.29 is 14.6 Å². The Hall–Kier alpha value is -1.26. The number of hydrogen-bond donors (Lipinski definition) is 2. The SMILES string of the molecule is COc1ccc(C[C@H](O)CN)cc1OC. The molecule has 0 unspecified atom stereocenters. The third-order valence-electron chi connectivity index (χ3n) is 2.19. The van der Waals surface area contributed by atoms with Crippen molar-refractivity contribution in [1.29, 1.82) is 0 Å². The Kier molecular flexibility index (Phi) is 4.39. The van der Waals surface area contributed by atoms with Crippen LogP contribution in [0.1, 0.15) is 5.56 Å². The maximum atomic E-state index is 9.40. The molecular weight excluding hydrogens is 194 g/mol. The Bertz CT molecular complexity index is 315. The molecule has 15 heavy (non-hydrogen) atoms. The first-order chi connectivity index (χ1) is 7.21. The molecule has 84 valence electrons. The molecule has 0 fully saturated rings. The van der Waals surface area contributed by atoms with Crippen molar-refractivity contribution in [3.63, 3.8) is 0 Å². The molecule has 0 aromatic heterocycles. The van der Waals surface area contributed by atoms with E-state index in [0.717, 1.165) is 5.56 Å². The number of hydrogen-bond acceptors (Lipinski definition) is 4. The van der Waals surface area contributed by atoms with E-state index >= 15 is 0 Å². The van der Waals surface area contributed by atoms with Crippen LogP contribution in [-0.4, -0.2) is 32.0 Å². The molecule has 0 aliphatic carbocycles. The van der Waals surface area contributed by atoms with Gasteiger partial charge in [-0.3, -0.25) is 0 Å². The highest BCUT2D eigenvalue weighted by atomic mass is 16.5. The molecule has 1 atom stereocenters. The Morgan fingerprint density at radius 3 is 2.47 bits per heavy atom. The van der Waals surface area contributed by atoms with E-state index in [1.54, 1.807) is 14.2 Å². The van der Waals surface area contributed by atoms with Crippen LogP contribution >= 0.6 is 0 Å². The van der Waals surface area contributed by atoms with Gasteiger partial charge in [0.1, 0.15) is 0 Å². The zero-order chi connectivity index (χ0) is 11.3. The van der Waals surface area contributed by atoms with Crippen LogP contribution in [0.5, 0.6) is 11.5 Å². The number of aliphatic hydroxyl groups is 1. The van der Waals surface area contributed by atoms with E-state index in [1.807, 2.05) is 18.2 Å². The zero-order valence-corrected chi connectivity index (χ0v) is 9.06. The molecule has 0 radical (unpaired) electrons. The number of aliphatic hydroxyl groups excluding tert-OH is 1. The fourth-order valence-electron chi connectivity index (χ4n) is 1.36. The summed E-state index contributed by atoms with van der Waals surface area (Å²) in [6.45, 7) is 0.258. The lowest BCUT2D eigenvalue weighted by molar-refractivity contribution is 0.183. The van der Waals surface area contributed by atoms with E-state index in [-0.39, 0.29) is 6.54 Å². The first-order valence-corrected chi connectivity index (χ1v) is 4.80. The standard InChI is InChI=1S/C11H17NO3/c1-14-10-4-3-8(5-9(13)7-12)6-11(10)15-2/h3-4,6,9,13H,5,7,12H2,1-2H3/t9-/m0/s1. The number of rotatable bonds is 5. The predicted octanol–water partition coefficient (Wildman–Crippen LogP) is 0.566. The van der Waals surface area contributed by atoms with Crippen molar-refractivity contribution in [3.8, 4) is 11.5 Å². The Balaban J connectivity index is 2.83. The van der Waals surface area contributed by atoms with Crippen molar-refractivity contribution in [1.82, 2.24) is 0 Å². The summed E-state index contributed by atoms with van der Waals surface area (Å²) in [5.41, 5.74) is 6.32. The second-order valence-electron chi connectivity index (χ2n) is 3.28. The highest BCUT2D eigenvalue weighted by Crippen LogP contribution is 2.27. The molecule has 0 aliphatic rings. The molecular formula is C11H17NO3. The maximum Gasteiger partial charge on any atom is 0.160 e. The summed E-state index contributed by atoms with van der Waals surface area (Å²) in [6.07, 6.45) is 0.0136. The summed E-state index contributed by atoms with van der Waals surface area (Å²) in [4.78, 5) is 0. The third kappa shape index (κ3) is 3.11. The van der Waals surface area contributed by atoms with Gasteiger partial charge in [0.2, 0.25) is 0 Å². The molecule has 0 aliphatic heterocycles. The molecule has 4 nitrogen and oxygen atoms in total. The fourth-order valence-corrected chi connectivity index (χ4v) is 1.36. The summed E-state index contributed by atoms with van der Waals surface area (Å²) in [6, 6.07) is 5.55. The molecule has 3 N–H and O–H groups in total. The lowest BCUT2D eigenvalue weighted by Gasteiger charge is -2.11. The van der Waals surface area contributed by atoms with Crippen LogP contribution in [0.4, 0.5) is 0 Å². The predicted molar refractivity (Wildman–Crippen MR) is 58.3 cm³/mol. The van der Waals surface area contributed by atoms with Gasteiger partial charge in [0.15, 0.2) is 11.5 Å². The Morgan fingerprint density at radius 1 is 1.27 bits per heavy atom. The smallest absolute Gasteiger partial charge is 0.160 e. The van der Waals surface area contributed by atoms with Crippen LogP contribution in [0.15, 0.2) is 18.2 Å². The van der Waals surface area contributed by atoms with Crippen LogP contribution in [0.25, 0.3) is 0 Å². The molecule has 0 spiro atoms. The third-order valence-corrected chi connectivity index (χ3v) is 2.19. The second-order valence-corrected chi connectivity index (χ2v) is 3.28. The minimum absolute atomic E-state index is 0.258. The van der Waals surface area contributed by atoms with Crippen LogP contribution in [-0.2, 0) is 6.42 Å². The molecule has 0 heterocycles. The number of ether oxygens (including phenoxy) is 2. The molecule has 1 aromatic carbocycles. The highest BCUT2D eigenvalue weighted by Gasteiger charge is 2.07. The van der Waals surface area contributed by atoms with E-state index in [1.165, 1.54) is 0 Å². The van der Waals surface area contributed by atoms with Gasteiger partial charge in [0.05, 0.1) is 20.3 Å². The van der Waals surface area contributed by atoms with Gasteiger partial charge in [-0.25, -0.2) is 0 Å². The van der Waals surface area contributed by atoms with Crippen LogP contribution in [0, 0.1) is 0 Å². The molecule has 1 aromatic rings. The summed E-state index contributed by atoms with van der Waals surface area (Å²) >= 11 is 0. The fraction of sp³-hybridized carbons (Fsp3) is 0.455. The number of methoxy groups -OCH3 is 2. The van der Waals surface area contributed by atoms with Gasteiger partial charge < -0.3 is 20.3 Å². The summed E-state index contributed by atoms with van der Waals surface area (Å²) in [7, 11) is 3.17. The molecule has 1 rings (SSSR count). The van der Waals surface area contributed by atoms with Gasteiger partial charge in [0, 0.05) is 6.54 Å². The van der Waals surface area contributed by atoms with Crippen molar-refractivity contribution in [2.24, 2.45) is 5.73 Å². The van der Waals surface area contributed by atoms with E-state index in [0.29, 0.717) is 17.9 Å². The first kappa shape index (κ1) is 11.8. The van der Waals surface area contributed by atoms with Crippen molar-refractivity contribution >= 4 is 0 Å². The summed E-state index contributed by atoms with van der Waals surface area (Å²) < 4.78 is 10.3. The number of benzene rings is 1. The Morgan fingerprint density at radius 2 is 1.93 bits per heavy atom. The number of nitrogens with two attached hydrogens (primary N) is 1. The average Bonchev–Trinajstić information content (AvgIpc) is 2.28. The van der Waals surface area contributed by atoms with E-state index in [2.05, 4.69) is 0 Å². The minimum atomic E-state index is -0.511. The van der Waals surface area contributed by atoms with Gasteiger partial charge in [-0.15, -0.1) is 0 Å². The van der Waals surface area contributed by atoms with Gasteiger partial charge in [-0.1, -0.05) is 6.07 Å². The average molecular weight is 211 g/mol. The normalized spacial score (nSPS) is 12.3. The van der Waals surface area contributed by atoms with Crippen LogP contribution in [0.3, 0.4) is 0 Å². The molecule has 0 bridgehead atoms. The largest absolute Gasteiger partial charge is 0.493 e. The van der Waals surface area contributed by atoms with Crippen LogP contribution in [0.2, 0.25) is 0 Å². The van der Waals surface area contributed by atoms with Crippen molar-refractivity contribution in [3.05, 3.63) is 23.8 Å². The summed E-state index contributed by atoms with van der Waals surface area (Å²) in [5.74, 6) is 1.35. The first-order valence-electron chi connectivity index (χ1n) is 4.80. The maximum absolute atomic E-state index is 9.40. The van der Waals surface area contributed by atoms with Crippen LogP contribution < -0.4 is 15.2 Å². The second kappa shape index (κ2) is 5.58. The van der Waals surface area contributed by atoms with Gasteiger partial charge in [-0.05, 0) is 24.1 Å². The quantitative estimate of drug-likeness (QED) is 0.747. The topological polar surface area (TPSA) is 64.7 Å². The molecule has 0 amide bonds.